The molecule has 19 heavy (non-hydrogen) atoms. The Hall–Kier alpha value is -1.87. The Kier molecular flexibility index (Phi) is 2.99. The summed E-state index contributed by atoms with van der Waals surface area (Å²) in [5, 5.41) is 13.3. The average molecular weight is 319 g/mol. The summed E-state index contributed by atoms with van der Waals surface area (Å²) in [4.78, 5) is 4.36. The van der Waals surface area contributed by atoms with Gasteiger partial charge in [0.1, 0.15) is 11.8 Å². The van der Waals surface area contributed by atoms with Crippen LogP contribution < -0.4 is 4.74 Å². The first-order valence-corrected chi connectivity index (χ1v) is 6.74. The molecule has 0 unspecified atom stereocenters. The molecule has 3 rings (SSSR count). The Bertz CT molecular complexity index is 650. The zero-order chi connectivity index (χ0) is 13.4. The van der Waals surface area contributed by atoms with E-state index in [4.69, 9.17) is 4.74 Å². The van der Waals surface area contributed by atoms with Gasteiger partial charge in [-0.1, -0.05) is 0 Å². The summed E-state index contributed by atoms with van der Waals surface area (Å²) in [5.41, 5.74) is 1.86. The molecule has 0 spiro atoms. The molecule has 0 radical (unpaired) electrons. The van der Waals surface area contributed by atoms with Crippen molar-refractivity contribution in [1.29, 1.82) is 5.26 Å². The van der Waals surface area contributed by atoms with Crippen LogP contribution in [0.25, 0.3) is 11.4 Å². The highest BCUT2D eigenvalue weighted by Gasteiger charge is 2.25. The summed E-state index contributed by atoms with van der Waals surface area (Å²) >= 11 is 3.43. The van der Waals surface area contributed by atoms with Crippen LogP contribution in [0.2, 0.25) is 0 Å². The second-order valence-electron chi connectivity index (χ2n) is 4.44. The van der Waals surface area contributed by atoms with Gasteiger partial charge in [-0.3, -0.25) is 4.68 Å². The van der Waals surface area contributed by atoms with Crippen molar-refractivity contribution in [2.45, 2.75) is 18.9 Å². The van der Waals surface area contributed by atoms with Gasteiger partial charge in [-0.25, -0.2) is 4.98 Å². The molecule has 2 aromatic heterocycles. The van der Waals surface area contributed by atoms with Crippen LogP contribution in [0.1, 0.15) is 18.5 Å². The minimum atomic E-state index is 0.253. The van der Waals surface area contributed by atoms with E-state index in [9.17, 15) is 5.26 Å². The van der Waals surface area contributed by atoms with E-state index in [-0.39, 0.29) is 6.10 Å². The lowest BCUT2D eigenvalue weighted by atomic mass is 10.2. The number of halogens is 1. The molecule has 0 saturated heterocycles. The quantitative estimate of drug-likeness (QED) is 0.872. The van der Waals surface area contributed by atoms with E-state index in [0.29, 0.717) is 17.1 Å². The minimum absolute atomic E-state index is 0.253. The van der Waals surface area contributed by atoms with Crippen molar-refractivity contribution in [3.63, 3.8) is 0 Å². The molecule has 0 atom stereocenters. The van der Waals surface area contributed by atoms with Crippen molar-refractivity contribution in [3.8, 4) is 23.2 Å². The van der Waals surface area contributed by atoms with E-state index in [1.54, 1.807) is 16.9 Å². The van der Waals surface area contributed by atoms with Gasteiger partial charge in [0, 0.05) is 7.05 Å². The number of aromatic nitrogens is 3. The van der Waals surface area contributed by atoms with Gasteiger partial charge in [0.25, 0.3) is 0 Å². The number of pyridine rings is 1. The molecule has 0 aromatic carbocycles. The highest BCUT2D eigenvalue weighted by atomic mass is 79.9. The number of hydrogen-bond acceptors (Lipinski definition) is 4. The third-order valence-corrected chi connectivity index (χ3v) is 3.50. The molecule has 6 heteroatoms. The minimum Gasteiger partial charge on any atom is -0.487 e. The van der Waals surface area contributed by atoms with E-state index in [2.05, 4.69) is 32.1 Å². The van der Waals surface area contributed by atoms with Gasteiger partial charge in [-0.15, -0.1) is 0 Å². The number of rotatable bonds is 3. The summed E-state index contributed by atoms with van der Waals surface area (Å²) in [7, 11) is 1.84. The fourth-order valence-corrected chi connectivity index (χ4v) is 2.37. The van der Waals surface area contributed by atoms with Crippen LogP contribution in [-0.4, -0.2) is 20.9 Å². The molecule has 1 saturated carbocycles. The topological polar surface area (TPSA) is 63.7 Å². The van der Waals surface area contributed by atoms with Gasteiger partial charge in [0.2, 0.25) is 0 Å². The first-order valence-electron chi connectivity index (χ1n) is 5.94. The third kappa shape index (κ3) is 2.34. The fourth-order valence-electron chi connectivity index (χ4n) is 1.82. The molecule has 1 fully saturated rings. The number of ether oxygens (including phenoxy) is 1. The standard InChI is InChI=1S/C13H11BrN4O/c1-18-13(9(14)7-16-18)10-4-5-12(11(6-15)17-10)19-8-2-3-8/h4-5,7-8H,2-3H2,1H3. The van der Waals surface area contributed by atoms with Gasteiger partial charge >= 0.3 is 0 Å². The van der Waals surface area contributed by atoms with E-state index in [0.717, 1.165) is 23.0 Å². The Morgan fingerprint density at radius 3 is 2.84 bits per heavy atom. The Morgan fingerprint density at radius 2 is 2.26 bits per heavy atom. The monoisotopic (exact) mass is 318 g/mol. The van der Waals surface area contributed by atoms with E-state index in [1.807, 2.05) is 13.1 Å². The Labute approximate surface area is 119 Å². The first kappa shape index (κ1) is 12.2. The molecule has 0 amide bonds. The summed E-state index contributed by atoms with van der Waals surface area (Å²) in [6.45, 7) is 0. The third-order valence-electron chi connectivity index (χ3n) is 2.92. The van der Waals surface area contributed by atoms with E-state index >= 15 is 0 Å². The summed E-state index contributed by atoms with van der Waals surface area (Å²) in [6, 6.07) is 5.74. The molecule has 1 aliphatic rings. The molecule has 1 aliphatic carbocycles. The second-order valence-corrected chi connectivity index (χ2v) is 5.29. The average Bonchev–Trinajstić information content (AvgIpc) is 3.16. The van der Waals surface area contributed by atoms with Crippen molar-refractivity contribution in [3.05, 3.63) is 28.5 Å². The molecule has 96 valence electrons. The van der Waals surface area contributed by atoms with Crippen molar-refractivity contribution >= 4 is 15.9 Å². The number of nitrogens with zero attached hydrogens (tertiary/aromatic N) is 4. The van der Waals surface area contributed by atoms with Gasteiger partial charge in [-0.05, 0) is 40.9 Å². The van der Waals surface area contributed by atoms with Crippen LogP contribution in [0.5, 0.6) is 5.75 Å². The summed E-state index contributed by atoms with van der Waals surface area (Å²) in [6.07, 6.45) is 4.07. The molecule has 2 aromatic rings. The molecule has 2 heterocycles. The predicted octanol–water partition coefficient (Wildman–Crippen LogP) is 2.66. The molecular weight excluding hydrogens is 308 g/mol. The van der Waals surface area contributed by atoms with Crippen molar-refractivity contribution in [2.24, 2.45) is 7.05 Å². The molecular formula is C13H11BrN4O. The van der Waals surface area contributed by atoms with Crippen molar-refractivity contribution in [1.82, 2.24) is 14.8 Å². The van der Waals surface area contributed by atoms with Gasteiger partial charge in [-0.2, -0.15) is 10.4 Å². The molecule has 0 N–H and O–H groups in total. The maximum atomic E-state index is 9.19. The van der Waals surface area contributed by atoms with Gasteiger partial charge in [0.05, 0.1) is 22.5 Å². The lowest BCUT2D eigenvalue weighted by Gasteiger charge is -2.08. The first-order chi connectivity index (χ1) is 9.19. The van der Waals surface area contributed by atoms with Gasteiger partial charge < -0.3 is 4.74 Å². The van der Waals surface area contributed by atoms with E-state index < -0.39 is 0 Å². The Balaban J connectivity index is 2.02. The van der Waals surface area contributed by atoms with Crippen LogP contribution in [0.4, 0.5) is 0 Å². The zero-order valence-corrected chi connectivity index (χ0v) is 11.9. The van der Waals surface area contributed by atoms with Crippen LogP contribution in [0.3, 0.4) is 0 Å². The van der Waals surface area contributed by atoms with Crippen LogP contribution in [0, 0.1) is 11.3 Å². The largest absolute Gasteiger partial charge is 0.487 e. The maximum Gasteiger partial charge on any atom is 0.183 e. The van der Waals surface area contributed by atoms with Crippen molar-refractivity contribution in [2.75, 3.05) is 0 Å². The summed E-state index contributed by atoms with van der Waals surface area (Å²) in [5.74, 6) is 0.562. The number of hydrogen-bond donors (Lipinski definition) is 0. The Morgan fingerprint density at radius 1 is 1.47 bits per heavy atom. The molecule has 0 bridgehead atoms. The lowest BCUT2D eigenvalue weighted by Crippen LogP contribution is -2.02. The highest BCUT2D eigenvalue weighted by Crippen LogP contribution is 2.31. The van der Waals surface area contributed by atoms with Crippen molar-refractivity contribution < 1.29 is 4.74 Å². The smallest absolute Gasteiger partial charge is 0.183 e. The fraction of sp³-hybridized carbons (Fsp3) is 0.308. The van der Waals surface area contributed by atoms with Crippen LogP contribution in [0.15, 0.2) is 22.8 Å². The summed E-state index contributed by atoms with van der Waals surface area (Å²) < 4.78 is 8.23. The zero-order valence-electron chi connectivity index (χ0n) is 10.3. The van der Waals surface area contributed by atoms with Crippen LogP contribution in [-0.2, 0) is 7.05 Å². The maximum absolute atomic E-state index is 9.19. The predicted molar refractivity (Wildman–Crippen MR) is 72.5 cm³/mol. The number of nitriles is 1. The highest BCUT2D eigenvalue weighted by molar-refractivity contribution is 9.10. The molecule has 5 nitrogen and oxygen atoms in total. The lowest BCUT2D eigenvalue weighted by molar-refractivity contribution is 0.301. The van der Waals surface area contributed by atoms with Gasteiger partial charge in [0.15, 0.2) is 11.4 Å². The van der Waals surface area contributed by atoms with Crippen LogP contribution >= 0.6 is 15.9 Å². The van der Waals surface area contributed by atoms with E-state index in [1.165, 1.54) is 0 Å². The number of aryl methyl sites for hydroxylation is 1. The molecule has 0 aliphatic heterocycles. The normalized spacial score (nSPS) is 14.2. The SMILES string of the molecule is Cn1ncc(Br)c1-c1ccc(OC2CC2)c(C#N)n1. The second kappa shape index (κ2) is 4.67.